The molecular weight excluding hydrogens is 491 g/mol. The molecule has 1 heterocycles. The Morgan fingerprint density at radius 2 is 1.19 bits per heavy atom. The van der Waals surface area contributed by atoms with Crippen molar-refractivity contribution >= 4 is 47.4 Å². The van der Waals surface area contributed by atoms with Gasteiger partial charge in [0.25, 0.3) is 0 Å². The molecule has 9 nitrogen and oxygen atoms in total. The Hall–Kier alpha value is -1.25. The molecule has 1 rings (SSSR count). The van der Waals surface area contributed by atoms with Crippen LogP contribution >= 0.6 is 10.0 Å². The molecule has 178 valence electrons. The molecule has 0 saturated carbocycles. The SMILES string of the molecule is CCC[As](CCC)SC[C@H]1OC(OC(C)=O)[C@@H](OC(C)=O)[C@@H](OC(C)=O)[C@@H]1OC(C)=O. The zero-order chi connectivity index (χ0) is 23.6. The van der Waals surface area contributed by atoms with E-state index in [1.165, 1.54) is 27.7 Å². The molecule has 0 aromatic carbocycles. The van der Waals surface area contributed by atoms with Crippen molar-refractivity contribution in [3.05, 3.63) is 0 Å². The van der Waals surface area contributed by atoms with Crippen molar-refractivity contribution in [2.75, 3.05) is 5.75 Å². The number of esters is 4. The number of carbonyl (C=O) groups excluding carboxylic acids is 4. The maximum atomic E-state index is 11.8. The minimum atomic E-state index is -1.29. The standard InChI is InChI=1S/C20H33AsO9S/c1-7-9-21(10-8-2)31-11-16-17(26-12(3)22)18(27-13(4)23)19(28-14(5)24)20(30-16)29-15(6)25/h16-20H,7-11H2,1-6H3/t16-,17-,18+,19+,20?/m1/s1. The molecule has 11 heteroatoms. The summed E-state index contributed by atoms with van der Waals surface area (Å²) < 4.78 is 27.3. The van der Waals surface area contributed by atoms with Crippen LogP contribution in [-0.4, -0.2) is 73.8 Å². The van der Waals surface area contributed by atoms with E-state index in [1.54, 1.807) is 10.0 Å². The van der Waals surface area contributed by atoms with Gasteiger partial charge in [-0.3, -0.25) is 0 Å². The summed E-state index contributed by atoms with van der Waals surface area (Å²) in [6.07, 6.45) is -3.27. The fourth-order valence-electron chi connectivity index (χ4n) is 3.17. The van der Waals surface area contributed by atoms with Crippen molar-refractivity contribution in [2.24, 2.45) is 0 Å². The van der Waals surface area contributed by atoms with E-state index < -0.39 is 68.1 Å². The first-order chi connectivity index (χ1) is 14.6. The Kier molecular flexibility index (Phi) is 12.6. The van der Waals surface area contributed by atoms with E-state index in [0.29, 0.717) is 5.75 Å². The number of carbonyl (C=O) groups is 4. The average molecular weight is 524 g/mol. The molecule has 1 aliphatic rings. The minimum absolute atomic E-state index is 0.472. The fraction of sp³-hybridized carbons (Fsp3) is 0.800. The van der Waals surface area contributed by atoms with Crippen molar-refractivity contribution in [1.29, 1.82) is 0 Å². The molecule has 0 bridgehead atoms. The molecule has 1 aliphatic heterocycles. The van der Waals surface area contributed by atoms with Crippen molar-refractivity contribution in [1.82, 2.24) is 0 Å². The summed E-state index contributed by atoms with van der Waals surface area (Å²) in [6.45, 7) is 9.09. The summed E-state index contributed by atoms with van der Waals surface area (Å²) in [7, 11) is 1.81. The summed E-state index contributed by atoms with van der Waals surface area (Å²) in [4.78, 5) is 46.9. The summed E-state index contributed by atoms with van der Waals surface area (Å²) >= 11 is -1.18. The van der Waals surface area contributed by atoms with Gasteiger partial charge in [-0.25, -0.2) is 0 Å². The Bertz CT molecular complexity index is 624. The fourth-order valence-corrected chi connectivity index (χ4v) is 12.4. The van der Waals surface area contributed by atoms with Crippen LogP contribution < -0.4 is 0 Å². The van der Waals surface area contributed by atoms with E-state index in [2.05, 4.69) is 13.8 Å². The molecule has 0 amide bonds. The van der Waals surface area contributed by atoms with Crippen molar-refractivity contribution in [3.8, 4) is 0 Å². The first-order valence-electron chi connectivity index (χ1n) is 10.3. The number of ether oxygens (including phenoxy) is 5. The van der Waals surface area contributed by atoms with Crippen LogP contribution in [0.2, 0.25) is 10.4 Å². The van der Waals surface area contributed by atoms with Gasteiger partial charge in [-0.05, 0) is 0 Å². The van der Waals surface area contributed by atoms with Gasteiger partial charge < -0.3 is 0 Å². The van der Waals surface area contributed by atoms with Crippen molar-refractivity contribution < 1.29 is 42.9 Å². The quantitative estimate of drug-likeness (QED) is 0.227. The molecule has 0 N–H and O–H groups in total. The van der Waals surface area contributed by atoms with Crippen molar-refractivity contribution in [2.45, 2.75) is 95.5 Å². The van der Waals surface area contributed by atoms with E-state index >= 15 is 0 Å². The molecule has 5 atom stereocenters. The molecular formula is C20H33AsO9S. The summed E-state index contributed by atoms with van der Waals surface area (Å²) in [5.74, 6) is -2.11. The molecule has 0 aromatic heterocycles. The van der Waals surface area contributed by atoms with Gasteiger partial charge in [-0.1, -0.05) is 0 Å². The third kappa shape index (κ3) is 9.83. The Balaban J connectivity index is 3.24. The predicted octanol–water partition coefficient (Wildman–Crippen LogP) is 2.61. The number of rotatable bonds is 11. The molecule has 1 unspecified atom stereocenters. The van der Waals surface area contributed by atoms with Gasteiger partial charge >= 0.3 is 192 Å². The van der Waals surface area contributed by atoms with Crippen molar-refractivity contribution in [3.63, 3.8) is 0 Å². The van der Waals surface area contributed by atoms with Gasteiger partial charge in [0.1, 0.15) is 0 Å². The normalized spacial score (nSPS) is 25.6. The van der Waals surface area contributed by atoms with Crippen LogP contribution in [0.3, 0.4) is 0 Å². The average Bonchev–Trinajstić information content (AvgIpc) is 2.63. The second kappa shape index (κ2) is 14.0. The molecule has 1 saturated heterocycles. The van der Waals surface area contributed by atoms with Gasteiger partial charge in [0.15, 0.2) is 0 Å². The van der Waals surface area contributed by atoms with Gasteiger partial charge in [0, 0.05) is 0 Å². The number of hydrogen-bond acceptors (Lipinski definition) is 10. The first kappa shape index (κ1) is 27.8. The van der Waals surface area contributed by atoms with E-state index in [4.69, 9.17) is 23.7 Å². The molecule has 0 aliphatic carbocycles. The zero-order valence-electron chi connectivity index (χ0n) is 19.0. The van der Waals surface area contributed by atoms with Crippen LogP contribution in [0.4, 0.5) is 0 Å². The predicted molar refractivity (Wildman–Crippen MR) is 115 cm³/mol. The van der Waals surface area contributed by atoms with E-state index in [0.717, 1.165) is 23.3 Å². The second-order valence-electron chi connectivity index (χ2n) is 7.10. The van der Waals surface area contributed by atoms with Crippen LogP contribution in [0, 0.1) is 0 Å². The molecule has 1 fully saturated rings. The van der Waals surface area contributed by atoms with Gasteiger partial charge in [-0.15, -0.1) is 0 Å². The molecule has 0 spiro atoms. The number of hydrogen-bond donors (Lipinski definition) is 0. The first-order valence-corrected chi connectivity index (χ1v) is 16.2. The van der Waals surface area contributed by atoms with Gasteiger partial charge in [-0.2, -0.15) is 0 Å². The Labute approximate surface area is 191 Å². The monoisotopic (exact) mass is 524 g/mol. The summed E-state index contributed by atoms with van der Waals surface area (Å²) in [6, 6.07) is 0. The zero-order valence-corrected chi connectivity index (χ0v) is 21.6. The molecule has 0 radical (unpaired) electrons. The van der Waals surface area contributed by atoms with Crippen LogP contribution in [-0.2, 0) is 42.9 Å². The Morgan fingerprint density at radius 1 is 0.742 bits per heavy atom. The van der Waals surface area contributed by atoms with E-state index in [1.807, 2.05) is 0 Å². The van der Waals surface area contributed by atoms with Gasteiger partial charge in [0.05, 0.1) is 0 Å². The topological polar surface area (TPSA) is 114 Å². The molecule has 31 heavy (non-hydrogen) atoms. The van der Waals surface area contributed by atoms with Crippen LogP contribution in [0.5, 0.6) is 0 Å². The van der Waals surface area contributed by atoms with Gasteiger partial charge in [0.2, 0.25) is 0 Å². The van der Waals surface area contributed by atoms with E-state index in [-0.39, 0.29) is 0 Å². The molecule has 0 aromatic rings. The third-order valence-electron chi connectivity index (χ3n) is 4.15. The summed E-state index contributed by atoms with van der Waals surface area (Å²) in [5, 5.41) is 2.32. The van der Waals surface area contributed by atoms with Crippen LogP contribution in [0.1, 0.15) is 54.4 Å². The second-order valence-corrected chi connectivity index (χ2v) is 15.9. The Morgan fingerprint density at radius 3 is 1.65 bits per heavy atom. The third-order valence-corrected chi connectivity index (χ3v) is 14.1. The summed E-state index contributed by atoms with van der Waals surface area (Å²) in [5.41, 5.74) is 0. The van der Waals surface area contributed by atoms with Crippen LogP contribution in [0.15, 0.2) is 0 Å². The van der Waals surface area contributed by atoms with E-state index in [9.17, 15) is 19.2 Å². The maximum absolute atomic E-state index is 11.8. The van der Waals surface area contributed by atoms with Crippen LogP contribution in [0.25, 0.3) is 0 Å².